The number of hydrogen-bond acceptors (Lipinski definition) is 3. The molecular weight excluding hydrogens is 144 g/mol. The van der Waals surface area contributed by atoms with E-state index in [2.05, 4.69) is 0 Å². The number of hydrogen-bond donors (Lipinski definition) is 0. The average molecular weight is 152 g/mol. The number of esters is 1. The SMILES string of the molecule is O=C1CC2CC=CC(=O)C2O1. The van der Waals surface area contributed by atoms with Gasteiger partial charge in [-0.05, 0) is 12.5 Å². The van der Waals surface area contributed by atoms with Gasteiger partial charge in [-0.3, -0.25) is 9.59 Å². The van der Waals surface area contributed by atoms with Gasteiger partial charge in [0.25, 0.3) is 0 Å². The van der Waals surface area contributed by atoms with Crippen molar-refractivity contribution in [2.24, 2.45) is 5.92 Å². The molecule has 11 heavy (non-hydrogen) atoms. The molecule has 1 saturated heterocycles. The summed E-state index contributed by atoms with van der Waals surface area (Å²) in [6, 6.07) is 0. The maximum absolute atomic E-state index is 11.1. The lowest BCUT2D eigenvalue weighted by molar-refractivity contribution is -0.146. The summed E-state index contributed by atoms with van der Waals surface area (Å²) in [5.41, 5.74) is 0. The highest BCUT2D eigenvalue weighted by molar-refractivity contribution is 5.97. The van der Waals surface area contributed by atoms with Crippen molar-refractivity contribution in [3.8, 4) is 0 Å². The normalized spacial score (nSPS) is 35.3. The fraction of sp³-hybridized carbons (Fsp3) is 0.500. The fourth-order valence-corrected chi connectivity index (χ4v) is 1.56. The van der Waals surface area contributed by atoms with E-state index in [1.54, 1.807) is 0 Å². The van der Waals surface area contributed by atoms with Crippen LogP contribution in [0.4, 0.5) is 0 Å². The van der Waals surface area contributed by atoms with E-state index in [-0.39, 0.29) is 17.7 Å². The summed E-state index contributed by atoms with van der Waals surface area (Å²) in [6.07, 6.45) is 4.04. The van der Waals surface area contributed by atoms with Gasteiger partial charge in [-0.25, -0.2) is 0 Å². The van der Waals surface area contributed by atoms with Crippen LogP contribution < -0.4 is 0 Å². The lowest BCUT2D eigenvalue weighted by atomic mass is 9.90. The molecule has 0 N–H and O–H groups in total. The van der Waals surface area contributed by atoms with Crippen molar-refractivity contribution in [1.29, 1.82) is 0 Å². The summed E-state index contributed by atoms with van der Waals surface area (Å²) < 4.78 is 4.84. The number of carbonyl (C=O) groups excluding carboxylic acids is 2. The minimum absolute atomic E-state index is 0.0629. The predicted molar refractivity (Wildman–Crippen MR) is 36.8 cm³/mol. The highest BCUT2D eigenvalue weighted by Gasteiger charge is 2.39. The van der Waals surface area contributed by atoms with Crippen molar-refractivity contribution in [3.05, 3.63) is 12.2 Å². The van der Waals surface area contributed by atoms with Crippen LogP contribution in [0.25, 0.3) is 0 Å². The molecule has 2 rings (SSSR count). The Morgan fingerprint density at radius 1 is 1.45 bits per heavy atom. The van der Waals surface area contributed by atoms with Gasteiger partial charge < -0.3 is 4.74 Å². The second-order valence-corrected chi connectivity index (χ2v) is 2.92. The first-order valence-electron chi connectivity index (χ1n) is 3.67. The summed E-state index contributed by atoms with van der Waals surface area (Å²) in [7, 11) is 0. The Kier molecular flexibility index (Phi) is 1.31. The number of ketones is 1. The quantitative estimate of drug-likeness (QED) is 0.473. The van der Waals surface area contributed by atoms with Crippen LogP contribution in [0, 0.1) is 5.92 Å². The number of carbonyl (C=O) groups is 2. The molecule has 0 radical (unpaired) electrons. The first kappa shape index (κ1) is 6.58. The molecule has 0 aromatic rings. The molecule has 0 saturated carbocycles. The van der Waals surface area contributed by atoms with E-state index in [0.717, 1.165) is 6.42 Å². The Bertz CT molecular complexity index is 242. The van der Waals surface area contributed by atoms with Gasteiger partial charge in [-0.2, -0.15) is 0 Å². The highest BCUT2D eigenvalue weighted by Crippen LogP contribution is 2.29. The minimum atomic E-state index is -0.465. The van der Waals surface area contributed by atoms with Gasteiger partial charge in [0.05, 0.1) is 6.42 Å². The van der Waals surface area contributed by atoms with Gasteiger partial charge in [0.2, 0.25) is 0 Å². The molecule has 1 fully saturated rings. The Morgan fingerprint density at radius 2 is 2.27 bits per heavy atom. The summed E-state index contributed by atoms with van der Waals surface area (Å²) in [5, 5.41) is 0. The smallest absolute Gasteiger partial charge is 0.306 e. The van der Waals surface area contributed by atoms with E-state index in [1.807, 2.05) is 6.08 Å². The summed E-state index contributed by atoms with van der Waals surface area (Å²) in [6.45, 7) is 0. The zero-order valence-electron chi connectivity index (χ0n) is 5.95. The molecular formula is C8H8O3. The van der Waals surface area contributed by atoms with E-state index in [1.165, 1.54) is 6.08 Å². The zero-order valence-corrected chi connectivity index (χ0v) is 5.95. The molecule has 1 aliphatic heterocycles. The molecule has 0 bridgehead atoms. The fourth-order valence-electron chi connectivity index (χ4n) is 1.56. The van der Waals surface area contributed by atoms with E-state index in [9.17, 15) is 9.59 Å². The molecule has 2 atom stereocenters. The third-order valence-corrected chi connectivity index (χ3v) is 2.12. The molecule has 2 aliphatic rings. The minimum Gasteiger partial charge on any atom is -0.454 e. The molecule has 3 nitrogen and oxygen atoms in total. The molecule has 0 aromatic heterocycles. The van der Waals surface area contributed by atoms with Gasteiger partial charge >= 0.3 is 5.97 Å². The van der Waals surface area contributed by atoms with E-state index < -0.39 is 6.10 Å². The molecule has 0 spiro atoms. The monoisotopic (exact) mass is 152 g/mol. The number of fused-ring (bicyclic) bond motifs is 1. The molecule has 0 amide bonds. The number of rotatable bonds is 0. The third kappa shape index (κ3) is 0.964. The van der Waals surface area contributed by atoms with Crippen LogP contribution in [-0.4, -0.2) is 17.9 Å². The first-order chi connectivity index (χ1) is 5.27. The topological polar surface area (TPSA) is 43.4 Å². The van der Waals surface area contributed by atoms with Crippen LogP contribution in [0.3, 0.4) is 0 Å². The van der Waals surface area contributed by atoms with Crippen LogP contribution in [0.1, 0.15) is 12.8 Å². The third-order valence-electron chi connectivity index (χ3n) is 2.12. The average Bonchev–Trinajstić information content (AvgIpc) is 2.31. The van der Waals surface area contributed by atoms with Gasteiger partial charge in [-0.15, -0.1) is 0 Å². The van der Waals surface area contributed by atoms with Crippen LogP contribution in [0.15, 0.2) is 12.2 Å². The second-order valence-electron chi connectivity index (χ2n) is 2.92. The standard InChI is InChI=1S/C8H8O3/c9-6-3-1-2-5-4-7(10)11-8(5)6/h1,3,5,8H,2,4H2. The number of allylic oxidation sites excluding steroid dienone is 1. The molecule has 0 aromatic carbocycles. The highest BCUT2D eigenvalue weighted by atomic mass is 16.6. The van der Waals surface area contributed by atoms with E-state index in [0.29, 0.717) is 6.42 Å². The maximum Gasteiger partial charge on any atom is 0.306 e. The second kappa shape index (κ2) is 2.19. The van der Waals surface area contributed by atoms with Crippen molar-refractivity contribution in [3.63, 3.8) is 0 Å². The molecule has 2 unspecified atom stereocenters. The molecule has 58 valence electrons. The zero-order chi connectivity index (χ0) is 7.84. The van der Waals surface area contributed by atoms with E-state index in [4.69, 9.17) is 4.74 Å². The maximum atomic E-state index is 11.1. The van der Waals surface area contributed by atoms with Gasteiger partial charge in [0.15, 0.2) is 11.9 Å². The summed E-state index contributed by atoms with van der Waals surface area (Å²) in [5.74, 6) is -0.191. The Balaban J connectivity index is 2.23. The van der Waals surface area contributed by atoms with Gasteiger partial charge in [0, 0.05) is 5.92 Å². The van der Waals surface area contributed by atoms with Gasteiger partial charge in [-0.1, -0.05) is 6.08 Å². The van der Waals surface area contributed by atoms with Crippen molar-refractivity contribution in [1.82, 2.24) is 0 Å². The lowest BCUT2D eigenvalue weighted by Gasteiger charge is -2.15. The Labute approximate surface area is 64.0 Å². The van der Waals surface area contributed by atoms with Crippen LogP contribution in [0.2, 0.25) is 0 Å². The Morgan fingerprint density at radius 3 is 3.00 bits per heavy atom. The van der Waals surface area contributed by atoms with Crippen molar-refractivity contribution in [2.45, 2.75) is 18.9 Å². The van der Waals surface area contributed by atoms with E-state index >= 15 is 0 Å². The molecule has 1 aliphatic carbocycles. The number of ether oxygens (including phenoxy) is 1. The molecule has 1 heterocycles. The predicted octanol–water partition coefficient (Wildman–Crippen LogP) is 0.447. The van der Waals surface area contributed by atoms with Crippen molar-refractivity contribution in [2.75, 3.05) is 0 Å². The van der Waals surface area contributed by atoms with Crippen LogP contribution >= 0.6 is 0 Å². The largest absolute Gasteiger partial charge is 0.454 e. The summed E-state index contributed by atoms with van der Waals surface area (Å²) in [4.78, 5) is 21.8. The Hall–Kier alpha value is -1.12. The van der Waals surface area contributed by atoms with Crippen LogP contribution in [0.5, 0.6) is 0 Å². The lowest BCUT2D eigenvalue weighted by Crippen LogP contribution is -2.27. The van der Waals surface area contributed by atoms with Crippen molar-refractivity contribution >= 4 is 11.8 Å². The van der Waals surface area contributed by atoms with Crippen molar-refractivity contribution < 1.29 is 14.3 Å². The summed E-state index contributed by atoms with van der Waals surface area (Å²) >= 11 is 0. The first-order valence-corrected chi connectivity index (χ1v) is 3.67. The van der Waals surface area contributed by atoms with Gasteiger partial charge in [0.1, 0.15) is 0 Å². The molecule has 3 heteroatoms. The van der Waals surface area contributed by atoms with Crippen LogP contribution in [-0.2, 0) is 14.3 Å².